The van der Waals surface area contributed by atoms with Crippen LogP contribution in [0.4, 0.5) is 17.2 Å². The molecule has 2 heterocycles. The summed E-state index contributed by atoms with van der Waals surface area (Å²) in [7, 11) is 0. The second kappa shape index (κ2) is 8.77. The van der Waals surface area contributed by atoms with Crippen LogP contribution in [0.25, 0.3) is 0 Å². The summed E-state index contributed by atoms with van der Waals surface area (Å²) in [6.07, 6.45) is 1.31. The van der Waals surface area contributed by atoms with Gasteiger partial charge in [-0.05, 0) is 55.3 Å². The maximum Gasteiger partial charge on any atom is 0.373 e. The van der Waals surface area contributed by atoms with Gasteiger partial charge < -0.3 is 14.5 Å². The van der Waals surface area contributed by atoms with E-state index >= 15 is 0 Å². The highest BCUT2D eigenvalue weighted by Crippen LogP contribution is 2.37. The molecule has 0 unspecified atom stereocenters. The number of rotatable bonds is 5. The Balaban J connectivity index is 1.57. The fraction of sp³-hybridized carbons (Fsp3) is 0.273. The smallest absolute Gasteiger partial charge is 0.373 e. The summed E-state index contributed by atoms with van der Waals surface area (Å²) in [6, 6.07) is 13.3. The Kier molecular flexibility index (Phi) is 5.90. The van der Waals surface area contributed by atoms with Crippen molar-refractivity contribution >= 4 is 28.8 Å². The quantitative estimate of drug-likeness (QED) is 0.418. The van der Waals surface area contributed by atoms with Gasteiger partial charge in [-0.3, -0.25) is 10.1 Å². The molecule has 4 rings (SSSR count). The molecule has 1 saturated heterocycles. The van der Waals surface area contributed by atoms with Gasteiger partial charge >= 0.3 is 11.6 Å². The van der Waals surface area contributed by atoms with E-state index < -0.39 is 4.92 Å². The van der Waals surface area contributed by atoms with Gasteiger partial charge in [-0.25, -0.2) is 4.98 Å². The number of hydrogen-bond acceptors (Lipinski definition) is 7. The fourth-order valence-electron chi connectivity index (χ4n) is 3.77. The third-order valence-corrected chi connectivity index (χ3v) is 5.35. The van der Waals surface area contributed by atoms with Gasteiger partial charge in [0.1, 0.15) is 12.1 Å². The number of nitrogens with zero attached hydrogens (tertiary/aromatic N) is 5. The monoisotopic (exact) mass is 439 g/mol. The predicted molar refractivity (Wildman–Crippen MR) is 121 cm³/mol. The average Bonchev–Trinajstić information content (AvgIpc) is 2.73. The lowest BCUT2D eigenvalue weighted by Gasteiger charge is -2.36. The lowest BCUT2D eigenvalue weighted by Crippen LogP contribution is -2.47. The number of ether oxygens (including phenoxy) is 1. The molecule has 1 aliphatic heterocycles. The summed E-state index contributed by atoms with van der Waals surface area (Å²) in [4.78, 5) is 23.8. The van der Waals surface area contributed by atoms with Crippen LogP contribution in [0.2, 0.25) is 5.02 Å². The zero-order valence-electron chi connectivity index (χ0n) is 17.3. The Bertz CT molecular complexity index is 1100. The molecular formula is C22H22ClN5O3. The number of aryl methyl sites for hydroxylation is 2. The first-order valence-electron chi connectivity index (χ1n) is 9.92. The fourth-order valence-corrected chi connectivity index (χ4v) is 3.96. The van der Waals surface area contributed by atoms with Crippen LogP contribution in [0.3, 0.4) is 0 Å². The van der Waals surface area contributed by atoms with Crippen molar-refractivity contribution in [2.75, 3.05) is 36.0 Å². The van der Waals surface area contributed by atoms with E-state index in [2.05, 4.69) is 14.9 Å². The molecule has 9 heteroatoms. The van der Waals surface area contributed by atoms with Gasteiger partial charge in [0.15, 0.2) is 0 Å². The molecule has 0 N–H and O–H groups in total. The van der Waals surface area contributed by atoms with Crippen LogP contribution in [0, 0.1) is 24.0 Å². The Hall–Kier alpha value is -3.39. The van der Waals surface area contributed by atoms with Crippen molar-refractivity contribution in [3.05, 3.63) is 75.1 Å². The van der Waals surface area contributed by atoms with E-state index in [9.17, 15) is 10.1 Å². The Labute approximate surface area is 185 Å². The highest BCUT2D eigenvalue weighted by atomic mass is 35.5. The number of hydrogen-bond donors (Lipinski definition) is 0. The van der Waals surface area contributed by atoms with Crippen LogP contribution in [0.1, 0.15) is 11.1 Å². The minimum atomic E-state index is -0.476. The zero-order chi connectivity index (χ0) is 22.0. The Morgan fingerprint density at radius 2 is 1.68 bits per heavy atom. The maximum absolute atomic E-state index is 11.9. The first-order chi connectivity index (χ1) is 14.9. The van der Waals surface area contributed by atoms with Crippen LogP contribution >= 0.6 is 11.6 Å². The molecule has 0 aliphatic carbocycles. The van der Waals surface area contributed by atoms with E-state index in [1.54, 1.807) is 0 Å². The summed E-state index contributed by atoms with van der Waals surface area (Å²) < 4.78 is 5.82. The molecule has 0 spiro atoms. The lowest BCUT2D eigenvalue weighted by molar-refractivity contribution is -0.385. The van der Waals surface area contributed by atoms with E-state index in [1.807, 2.05) is 61.2 Å². The number of nitro groups is 1. The van der Waals surface area contributed by atoms with Gasteiger partial charge in [-0.2, -0.15) is 4.98 Å². The number of benzene rings is 2. The van der Waals surface area contributed by atoms with Gasteiger partial charge in [-0.15, -0.1) is 0 Å². The normalized spacial score (nSPS) is 13.9. The molecule has 2 aromatic carbocycles. The van der Waals surface area contributed by atoms with E-state index in [-0.39, 0.29) is 17.4 Å². The van der Waals surface area contributed by atoms with E-state index in [1.165, 1.54) is 6.33 Å². The summed E-state index contributed by atoms with van der Waals surface area (Å²) in [5, 5.41) is 12.6. The summed E-state index contributed by atoms with van der Waals surface area (Å²) in [5.74, 6) is 0.721. The van der Waals surface area contributed by atoms with Gasteiger partial charge in [0.2, 0.25) is 5.82 Å². The topological polar surface area (TPSA) is 84.6 Å². The van der Waals surface area contributed by atoms with Crippen molar-refractivity contribution in [1.29, 1.82) is 0 Å². The maximum atomic E-state index is 11.9. The van der Waals surface area contributed by atoms with Crippen LogP contribution in [0.15, 0.2) is 48.8 Å². The summed E-state index contributed by atoms with van der Waals surface area (Å²) in [6.45, 7) is 6.42. The standard InChI is InChI=1S/C22H22ClN5O3/c1-15-10-16(2)12-19(11-15)31-22-20(28(29)30)21(24-14-25-22)27-8-6-26(7-9-27)18-5-3-4-17(23)13-18/h3-5,10-14H,6-9H2,1-2H3. The second-order valence-electron chi connectivity index (χ2n) is 7.49. The first-order valence-corrected chi connectivity index (χ1v) is 10.3. The Morgan fingerprint density at radius 1 is 1.00 bits per heavy atom. The minimum absolute atomic E-state index is 0.0581. The molecule has 0 bridgehead atoms. The highest BCUT2D eigenvalue weighted by molar-refractivity contribution is 6.30. The van der Waals surface area contributed by atoms with Crippen LogP contribution in [0.5, 0.6) is 11.6 Å². The van der Waals surface area contributed by atoms with Gasteiger partial charge in [-0.1, -0.05) is 23.7 Å². The van der Waals surface area contributed by atoms with Crippen molar-refractivity contribution in [3.63, 3.8) is 0 Å². The largest absolute Gasteiger partial charge is 0.434 e. The number of piperazine rings is 1. The van der Waals surface area contributed by atoms with Gasteiger partial charge in [0.05, 0.1) is 4.92 Å². The molecular weight excluding hydrogens is 418 g/mol. The molecule has 0 atom stereocenters. The molecule has 0 amide bonds. The average molecular weight is 440 g/mol. The zero-order valence-corrected chi connectivity index (χ0v) is 18.0. The SMILES string of the molecule is Cc1cc(C)cc(Oc2ncnc(N3CCN(c4cccc(Cl)c4)CC3)c2[N+](=O)[O-])c1. The second-order valence-corrected chi connectivity index (χ2v) is 7.92. The van der Waals surface area contributed by atoms with Crippen molar-refractivity contribution in [3.8, 4) is 11.6 Å². The Morgan fingerprint density at radius 3 is 2.32 bits per heavy atom. The summed E-state index contributed by atoms with van der Waals surface area (Å²) in [5.41, 5.74) is 2.81. The number of anilines is 2. The molecule has 1 aromatic heterocycles. The molecule has 1 fully saturated rings. The van der Waals surface area contributed by atoms with E-state index in [4.69, 9.17) is 16.3 Å². The lowest BCUT2D eigenvalue weighted by atomic mass is 10.1. The van der Waals surface area contributed by atoms with Crippen molar-refractivity contribution in [1.82, 2.24) is 9.97 Å². The molecule has 0 saturated carbocycles. The van der Waals surface area contributed by atoms with E-state index in [0.29, 0.717) is 37.0 Å². The van der Waals surface area contributed by atoms with Crippen molar-refractivity contribution in [2.24, 2.45) is 0 Å². The molecule has 160 valence electrons. The third-order valence-electron chi connectivity index (χ3n) is 5.11. The molecule has 3 aromatic rings. The summed E-state index contributed by atoms with van der Waals surface area (Å²) >= 11 is 6.10. The van der Waals surface area contributed by atoms with Crippen molar-refractivity contribution in [2.45, 2.75) is 13.8 Å². The van der Waals surface area contributed by atoms with Crippen LogP contribution in [-0.2, 0) is 0 Å². The highest BCUT2D eigenvalue weighted by Gasteiger charge is 2.30. The van der Waals surface area contributed by atoms with Crippen molar-refractivity contribution < 1.29 is 9.66 Å². The minimum Gasteiger partial charge on any atom is -0.434 e. The number of aromatic nitrogens is 2. The predicted octanol–water partition coefficient (Wildman–Crippen LogP) is 4.77. The molecule has 8 nitrogen and oxygen atoms in total. The van der Waals surface area contributed by atoms with Gasteiger partial charge in [0, 0.05) is 36.9 Å². The number of halogens is 1. The molecule has 1 aliphatic rings. The van der Waals surface area contributed by atoms with Crippen LogP contribution < -0.4 is 14.5 Å². The van der Waals surface area contributed by atoms with Crippen LogP contribution in [-0.4, -0.2) is 41.1 Å². The molecule has 0 radical (unpaired) electrons. The third kappa shape index (κ3) is 4.69. The van der Waals surface area contributed by atoms with Gasteiger partial charge in [0.25, 0.3) is 0 Å². The first kappa shape index (κ1) is 20.9. The van der Waals surface area contributed by atoms with E-state index in [0.717, 1.165) is 16.8 Å². The molecule has 31 heavy (non-hydrogen) atoms.